The summed E-state index contributed by atoms with van der Waals surface area (Å²) < 4.78 is 7.45. The topological polar surface area (TPSA) is 26.3 Å². The molecule has 4 heteroatoms. The molecule has 0 saturated carbocycles. The first-order chi connectivity index (χ1) is 6.56. The molecule has 1 aromatic rings. The Morgan fingerprint density at radius 1 is 1.36 bits per heavy atom. The van der Waals surface area contributed by atoms with E-state index < -0.39 is 0 Å². The number of hydrogen-bond donors (Lipinski definition) is 0. The van der Waals surface area contributed by atoms with E-state index in [1.807, 2.05) is 19.1 Å². The molecule has 0 aliphatic rings. The van der Waals surface area contributed by atoms with Crippen LogP contribution in [0.15, 0.2) is 12.1 Å². The maximum absolute atomic E-state index is 11.2. The van der Waals surface area contributed by atoms with Gasteiger partial charge in [-0.2, -0.15) is 0 Å². The van der Waals surface area contributed by atoms with E-state index in [4.69, 9.17) is 4.74 Å². The van der Waals surface area contributed by atoms with Gasteiger partial charge in [-0.1, -0.05) is 0 Å². The second-order valence-electron chi connectivity index (χ2n) is 2.76. The molecule has 0 aromatic heterocycles. The van der Waals surface area contributed by atoms with Crippen LogP contribution in [-0.2, 0) is 0 Å². The molecule has 76 valence electrons. The molecular formula is C10H10I2O2. The van der Waals surface area contributed by atoms with Gasteiger partial charge in [0.05, 0.1) is 13.7 Å². The highest BCUT2D eigenvalue weighted by Crippen LogP contribution is 2.29. The maximum atomic E-state index is 11.2. The molecule has 0 amide bonds. The number of ketones is 1. The van der Waals surface area contributed by atoms with Crippen LogP contribution in [0, 0.1) is 7.14 Å². The number of benzene rings is 1. The molecule has 0 N–H and O–H groups in total. The predicted octanol–water partition coefficient (Wildman–Crippen LogP) is 3.50. The molecule has 0 atom stereocenters. The highest BCUT2D eigenvalue weighted by molar-refractivity contribution is 14.1. The molecular weight excluding hydrogens is 406 g/mol. The average molecular weight is 416 g/mol. The van der Waals surface area contributed by atoms with Gasteiger partial charge in [0, 0.05) is 5.56 Å². The van der Waals surface area contributed by atoms with Crippen molar-refractivity contribution in [2.24, 2.45) is 0 Å². The molecule has 0 radical (unpaired) electrons. The third kappa shape index (κ3) is 2.82. The van der Waals surface area contributed by atoms with Crippen LogP contribution in [0.2, 0.25) is 0 Å². The summed E-state index contributed by atoms with van der Waals surface area (Å²) in [6.07, 6.45) is 0. The van der Waals surface area contributed by atoms with Crippen LogP contribution in [0.5, 0.6) is 5.75 Å². The average Bonchev–Trinajstić information content (AvgIpc) is 2.10. The lowest BCUT2D eigenvalue weighted by Gasteiger charge is -2.09. The van der Waals surface area contributed by atoms with Crippen molar-refractivity contribution in [3.8, 4) is 5.75 Å². The van der Waals surface area contributed by atoms with Crippen molar-refractivity contribution in [1.82, 2.24) is 0 Å². The van der Waals surface area contributed by atoms with Crippen molar-refractivity contribution < 1.29 is 9.53 Å². The van der Waals surface area contributed by atoms with Gasteiger partial charge < -0.3 is 4.74 Å². The van der Waals surface area contributed by atoms with Gasteiger partial charge in [0.15, 0.2) is 5.78 Å². The normalized spacial score (nSPS) is 10.0. The number of carbonyl (C=O) groups excluding carboxylic acids is 1. The molecule has 0 bridgehead atoms. The molecule has 1 aromatic carbocycles. The summed E-state index contributed by atoms with van der Waals surface area (Å²) in [5.41, 5.74) is 0.738. The summed E-state index contributed by atoms with van der Waals surface area (Å²) in [7, 11) is 0. The number of rotatable bonds is 3. The van der Waals surface area contributed by atoms with Crippen LogP contribution in [0.3, 0.4) is 0 Å². The van der Waals surface area contributed by atoms with Crippen LogP contribution < -0.4 is 4.74 Å². The highest BCUT2D eigenvalue weighted by atomic mass is 127. The van der Waals surface area contributed by atoms with E-state index in [1.165, 1.54) is 0 Å². The standard InChI is InChI=1S/C10H10I2O2/c1-3-14-10-8(11)4-7(6(2)13)5-9(10)12/h4-5H,3H2,1-2H3. The molecule has 0 unspecified atom stereocenters. The second-order valence-corrected chi connectivity index (χ2v) is 5.08. The third-order valence-corrected chi connectivity index (χ3v) is 3.30. The summed E-state index contributed by atoms with van der Waals surface area (Å²) in [6.45, 7) is 4.16. The van der Waals surface area contributed by atoms with Crippen LogP contribution >= 0.6 is 45.2 Å². The Bertz CT molecular complexity index is 338. The second kappa shape index (κ2) is 5.29. The van der Waals surface area contributed by atoms with E-state index in [9.17, 15) is 4.79 Å². The third-order valence-electron chi connectivity index (χ3n) is 1.69. The fraction of sp³-hybridized carbons (Fsp3) is 0.300. The van der Waals surface area contributed by atoms with Crippen molar-refractivity contribution in [2.75, 3.05) is 6.61 Å². The summed E-state index contributed by atoms with van der Waals surface area (Å²) in [6, 6.07) is 3.71. The molecule has 0 heterocycles. The fourth-order valence-electron chi connectivity index (χ4n) is 1.05. The Morgan fingerprint density at radius 3 is 2.21 bits per heavy atom. The van der Waals surface area contributed by atoms with Crippen molar-refractivity contribution in [2.45, 2.75) is 13.8 Å². The Balaban J connectivity index is 3.18. The Labute approximate surface area is 111 Å². The number of hydrogen-bond acceptors (Lipinski definition) is 2. The van der Waals surface area contributed by atoms with E-state index in [0.29, 0.717) is 6.61 Å². The minimum absolute atomic E-state index is 0.0869. The molecule has 0 aliphatic carbocycles. The van der Waals surface area contributed by atoms with Crippen molar-refractivity contribution >= 4 is 51.0 Å². The van der Waals surface area contributed by atoms with E-state index >= 15 is 0 Å². The summed E-state index contributed by atoms with van der Waals surface area (Å²) in [4.78, 5) is 11.2. The van der Waals surface area contributed by atoms with Crippen molar-refractivity contribution in [1.29, 1.82) is 0 Å². The van der Waals surface area contributed by atoms with Crippen LogP contribution in [-0.4, -0.2) is 12.4 Å². The zero-order chi connectivity index (χ0) is 10.7. The zero-order valence-corrected chi connectivity index (χ0v) is 12.2. The number of Topliss-reactive ketones (excluding diaryl/α,β-unsaturated/α-hetero) is 1. The SMILES string of the molecule is CCOc1c(I)cc(C(C)=O)cc1I. The molecule has 0 fully saturated rings. The first-order valence-electron chi connectivity index (χ1n) is 4.19. The molecule has 1 rings (SSSR count). The quantitative estimate of drug-likeness (QED) is 0.558. The largest absolute Gasteiger partial charge is 0.492 e. The summed E-state index contributed by atoms with van der Waals surface area (Å²) in [5.74, 6) is 0.961. The van der Waals surface area contributed by atoms with Gasteiger partial charge in [-0.25, -0.2) is 0 Å². The number of ether oxygens (including phenoxy) is 1. The fourth-order valence-corrected chi connectivity index (χ4v) is 3.12. The van der Waals surface area contributed by atoms with Crippen LogP contribution in [0.4, 0.5) is 0 Å². The lowest BCUT2D eigenvalue weighted by Crippen LogP contribution is -2.00. The van der Waals surface area contributed by atoms with E-state index in [2.05, 4.69) is 45.2 Å². The van der Waals surface area contributed by atoms with Gasteiger partial charge in [-0.3, -0.25) is 4.79 Å². The zero-order valence-electron chi connectivity index (χ0n) is 7.93. The van der Waals surface area contributed by atoms with E-state index in [-0.39, 0.29) is 5.78 Å². The monoisotopic (exact) mass is 416 g/mol. The van der Waals surface area contributed by atoms with Crippen molar-refractivity contribution in [3.63, 3.8) is 0 Å². The Kier molecular flexibility index (Phi) is 4.62. The number of carbonyl (C=O) groups is 1. The van der Waals surface area contributed by atoms with Crippen LogP contribution in [0.25, 0.3) is 0 Å². The number of halogens is 2. The van der Waals surface area contributed by atoms with Gasteiger partial charge in [-0.05, 0) is 71.2 Å². The van der Waals surface area contributed by atoms with E-state index in [1.54, 1.807) is 6.92 Å². The first-order valence-corrected chi connectivity index (χ1v) is 6.34. The molecule has 2 nitrogen and oxygen atoms in total. The van der Waals surface area contributed by atoms with Crippen molar-refractivity contribution in [3.05, 3.63) is 24.8 Å². The lowest BCUT2D eigenvalue weighted by molar-refractivity contribution is 0.101. The molecule has 14 heavy (non-hydrogen) atoms. The van der Waals surface area contributed by atoms with Gasteiger partial charge in [0.25, 0.3) is 0 Å². The van der Waals surface area contributed by atoms with Gasteiger partial charge >= 0.3 is 0 Å². The molecule has 0 aliphatic heterocycles. The minimum atomic E-state index is 0.0869. The van der Waals surface area contributed by atoms with Gasteiger partial charge in [0.2, 0.25) is 0 Å². The first kappa shape index (κ1) is 12.2. The van der Waals surface area contributed by atoms with Gasteiger partial charge in [0.1, 0.15) is 5.75 Å². The molecule has 0 spiro atoms. The Morgan fingerprint density at radius 2 is 1.86 bits per heavy atom. The minimum Gasteiger partial charge on any atom is -0.492 e. The lowest BCUT2D eigenvalue weighted by atomic mass is 10.1. The van der Waals surface area contributed by atoms with E-state index in [0.717, 1.165) is 18.5 Å². The summed E-state index contributed by atoms with van der Waals surface area (Å²) >= 11 is 4.37. The van der Waals surface area contributed by atoms with Crippen LogP contribution in [0.1, 0.15) is 24.2 Å². The predicted molar refractivity (Wildman–Crippen MR) is 73.0 cm³/mol. The maximum Gasteiger partial charge on any atom is 0.159 e. The highest BCUT2D eigenvalue weighted by Gasteiger charge is 2.10. The Hall–Kier alpha value is 0.150. The molecule has 0 saturated heterocycles. The smallest absolute Gasteiger partial charge is 0.159 e. The van der Waals surface area contributed by atoms with Gasteiger partial charge in [-0.15, -0.1) is 0 Å². The summed E-state index contributed by atoms with van der Waals surface area (Å²) in [5, 5.41) is 0.